The lowest BCUT2D eigenvalue weighted by Crippen LogP contribution is -2.41. The highest BCUT2D eigenvalue weighted by Crippen LogP contribution is 2.26. The minimum absolute atomic E-state index is 0.394. The molecule has 0 spiro atoms. The van der Waals surface area contributed by atoms with Crippen LogP contribution in [0, 0.1) is 5.92 Å². The first-order chi connectivity index (χ1) is 7.13. The summed E-state index contributed by atoms with van der Waals surface area (Å²) in [4.78, 5) is 13.1. The molecule has 0 heterocycles. The average molecular weight is 213 g/mol. The Kier molecular flexibility index (Phi) is 5.05. The summed E-state index contributed by atoms with van der Waals surface area (Å²) in [5, 5.41) is 0. The molecule has 1 fully saturated rings. The molecule has 1 saturated carbocycles. The van der Waals surface area contributed by atoms with Crippen molar-refractivity contribution in [3.8, 4) is 0 Å². The predicted octanol–water partition coefficient (Wildman–Crippen LogP) is 0.311. The van der Waals surface area contributed by atoms with Crippen molar-refractivity contribution >= 4 is 5.91 Å². The summed E-state index contributed by atoms with van der Waals surface area (Å²) in [5.41, 5.74) is 10.7. The minimum Gasteiger partial charge on any atom is -0.368 e. The van der Waals surface area contributed by atoms with Gasteiger partial charge in [0, 0.05) is 13.1 Å². The predicted molar refractivity (Wildman–Crippen MR) is 61.2 cm³/mol. The number of hydrogen-bond acceptors (Lipinski definition) is 3. The molecule has 0 aliphatic heterocycles. The standard InChI is InChI=1S/C11H23N3O/c1-2-14(8-9-4-3-5-9)7-6-10(12)11(13)15/h9-10H,2-8,12H2,1H3,(H2,13,15). The molecule has 1 aliphatic rings. The van der Waals surface area contributed by atoms with Gasteiger partial charge in [-0.25, -0.2) is 0 Å². The molecule has 1 unspecified atom stereocenters. The molecule has 4 nitrogen and oxygen atoms in total. The third kappa shape index (κ3) is 4.18. The number of primary amides is 1. The van der Waals surface area contributed by atoms with Crippen LogP contribution < -0.4 is 11.5 Å². The number of rotatable bonds is 7. The van der Waals surface area contributed by atoms with Crippen molar-refractivity contribution in [3.05, 3.63) is 0 Å². The number of amides is 1. The molecule has 1 amide bonds. The fraction of sp³-hybridized carbons (Fsp3) is 0.909. The van der Waals surface area contributed by atoms with Gasteiger partial charge in [0.2, 0.25) is 5.91 Å². The molecule has 1 atom stereocenters. The molecule has 0 bridgehead atoms. The molecule has 4 N–H and O–H groups in total. The summed E-state index contributed by atoms with van der Waals surface area (Å²) in [5.74, 6) is 0.476. The molecule has 0 aromatic heterocycles. The van der Waals surface area contributed by atoms with Crippen molar-refractivity contribution in [2.75, 3.05) is 19.6 Å². The molecule has 0 saturated heterocycles. The maximum atomic E-state index is 10.8. The minimum atomic E-state index is -0.486. The first kappa shape index (κ1) is 12.5. The first-order valence-electron chi connectivity index (χ1n) is 5.90. The van der Waals surface area contributed by atoms with Crippen LogP contribution in [0.15, 0.2) is 0 Å². The normalized spacial score (nSPS) is 18.9. The Morgan fingerprint density at radius 2 is 2.20 bits per heavy atom. The lowest BCUT2D eigenvalue weighted by molar-refractivity contribution is -0.119. The van der Waals surface area contributed by atoms with Crippen LogP contribution in [-0.2, 0) is 4.79 Å². The van der Waals surface area contributed by atoms with Crippen LogP contribution in [0.2, 0.25) is 0 Å². The van der Waals surface area contributed by atoms with Gasteiger partial charge >= 0.3 is 0 Å². The third-order valence-electron chi connectivity index (χ3n) is 3.31. The second kappa shape index (κ2) is 6.08. The molecule has 1 rings (SSSR count). The Labute approximate surface area is 92.0 Å². The molecular weight excluding hydrogens is 190 g/mol. The fourth-order valence-electron chi connectivity index (χ4n) is 1.88. The zero-order valence-electron chi connectivity index (χ0n) is 9.61. The van der Waals surface area contributed by atoms with Crippen LogP contribution in [0.4, 0.5) is 0 Å². The van der Waals surface area contributed by atoms with Crippen molar-refractivity contribution in [3.63, 3.8) is 0 Å². The molecular formula is C11H23N3O. The quantitative estimate of drug-likeness (QED) is 0.639. The van der Waals surface area contributed by atoms with Gasteiger partial charge in [-0.15, -0.1) is 0 Å². The summed E-state index contributed by atoms with van der Waals surface area (Å²) in [7, 11) is 0. The van der Waals surface area contributed by atoms with Crippen molar-refractivity contribution in [2.24, 2.45) is 17.4 Å². The number of hydrogen-bond donors (Lipinski definition) is 2. The van der Waals surface area contributed by atoms with Crippen LogP contribution >= 0.6 is 0 Å². The van der Waals surface area contributed by atoms with Gasteiger partial charge in [-0.2, -0.15) is 0 Å². The van der Waals surface area contributed by atoms with Crippen molar-refractivity contribution in [2.45, 2.75) is 38.6 Å². The van der Waals surface area contributed by atoms with Crippen LogP contribution in [-0.4, -0.2) is 36.5 Å². The van der Waals surface area contributed by atoms with E-state index in [-0.39, 0.29) is 0 Å². The largest absolute Gasteiger partial charge is 0.368 e. The Morgan fingerprint density at radius 3 is 2.60 bits per heavy atom. The first-order valence-corrected chi connectivity index (χ1v) is 5.90. The maximum Gasteiger partial charge on any atom is 0.234 e. The van der Waals surface area contributed by atoms with Gasteiger partial charge in [0.25, 0.3) is 0 Å². The molecule has 0 aromatic rings. The second-order valence-corrected chi connectivity index (χ2v) is 4.49. The molecule has 15 heavy (non-hydrogen) atoms. The summed E-state index contributed by atoms with van der Waals surface area (Å²) >= 11 is 0. The van der Waals surface area contributed by atoms with Crippen molar-refractivity contribution in [1.29, 1.82) is 0 Å². The van der Waals surface area contributed by atoms with Gasteiger partial charge in [0.1, 0.15) is 0 Å². The highest BCUT2D eigenvalue weighted by atomic mass is 16.1. The maximum absolute atomic E-state index is 10.8. The lowest BCUT2D eigenvalue weighted by atomic mass is 9.85. The zero-order valence-corrected chi connectivity index (χ0v) is 9.61. The molecule has 1 aliphatic carbocycles. The average Bonchev–Trinajstić information content (AvgIpc) is 2.14. The number of nitrogens with two attached hydrogens (primary N) is 2. The second-order valence-electron chi connectivity index (χ2n) is 4.49. The van der Waals surface area contributed by atoms with E-state index in [1.54, 1.807) is 0 Å². The molecule has 0 aromatic carbocycles. The van der Waals surface area contributed by atoms with Gasteiger partial charge in [-0.1, -0.05) is 13.3 Å². The summed E-state index contributed by atoms with van der Waals surface area (Å²) in [6, 6.07) is -0.486. The summed E-state index contributed by atoms with van der Waals surface area (Å²) < 4.78 is 0. The van der Waals surface area contributed by atoms with E-state index in [0.29, 0.717) is 6.42 Å². The smallest absolute Gasteiger partial charge is 0.234 e. The summed E-state index contributed by atoms with van der Waals surface area (Å²) in [6.07, 6.45) is 4.77. The van der Waals surface area contributed by atoms with Crippen LogP contribution in [0.25, 0.3) is 0 Å². The van der Waals surface area contributed by atoms with Crippen LogP contribution in [0.5, 0.6) is 0 Å². The van der Waals surface area contributed by atoms with E-state index in [1.165, 1.54) is 19.3 Å². The van der Waals surface area contributed by atoms with Crippen molar-refractivity contribution in [1.82, 2.24) is 4.90 Å². The van der Waals surface area contributed by atoms with E-state index < -0.39 is 11.9 Å². The van der Waals surface area contributed by atoms with Gasteiger partial charge in [0.15, 0.2) is 0 Å². The van der Waals surface area contributed by atoms with E-state index in [9.17, 15) is 4.79 Å². The van der Waals surface area contributed by atoms with E-state index >= 15 is 0 Å². The van der Waals surface area contributed by atoms with Crippen LogP contribution in [0.3, 0.4) is 0 Å². The number of carbonyl (C=O) groups is 1. The molecule has 0 radical (unpaired) electrons. The third-order valence-corrected chi connectivity index (χ3v) is 3.31. The van der Waals surface area contributed by atoms with E-state index in [0.717, 1.165) is 25.6 Å². The van der Waals surface area contributed by atoms with Gasteiger partial charge in [-0.05, 0) is 31.7 Å². The SMILES string of the molecule is CCN(CCC(N)C(N)=O)CC1CCC1. The molecule has 4 heteroatoms. The lowest BCUT2D eigenvalue weighted by Gasteiger charge is -2.32. The van der Waals surface area contributed by atoms with E-state index in [2.05, 4.69) is 11.8 Å². The zero-order chi connectivity index (χ0) is 11.3. The Bertz CT molecular complexity index is 204. The van der Waals surface area contributed by atoms with Gasteiger partial charge < -0.3 is 16.4 Å². The van der Waals surface area contributed by atoms with E-state index in [4.69, 9.17) is 11.5 Å². The van der Waals surface area contributed by atoms with Gasteiger partial charge in [-0.3, -0.25) is 4.79 Å². The highest BCUT2D eigenvalue weighted by molar-refractivity contribution is 5.79. The van der Waals surface area contributed by atoms with Gasteiger partial charge in [0.05, 0.1) is 6.04 Å². The summed E-state index contributed by atoms with van der Waals surface area (Å²) in [6.45, 7) is 5.22. The van der Waals surface area contributed by atoms with E-state index in [1.807, 2.05) is 0 Å². The topological polar surface area (TPSA) is 72.3 Å². The Hall–Kier alpha value is -0.610. The number of nitrogens with zero attached hydrogens (tertiary/aromatic N) is 1. The Morgan fingerprint density at radius 1 is 1.53 bits per heavy atom. The van der Waals surface area contributed by atoms with Crippen molar-refractivity contribution < 1.29 is 4.79 Å². The Balaban J connectivity index is 2.17. The fourth-order valence-corrected chi connectivity index (χ4v) is 1.88. The van der Waals surface area contributed by atoms with Crippen LogP contribution in [0.1, 0.15) is 32.6 Å². The monoisotopic (exact) mass is 213 g/mol. The molecule has 88 valence electrons. The highest BCUT2D eigenvalue weighted by Gasteiger charge is 2.20. The number of carbonyl (C=O) groups excluding carboxylic acids is 1.